The summed E-state index contributed by atoms with van der Waals surface area (Å²) in [7, 11) is 3.89. The van der Waals surface area contributed by atoms with Gasteiger partial charge in [0.1, 0.15) is 0 Å². The normalized spacial score (nSPS) is 18.0. The maximum absolute atomic E-state index is 6.40. The van der Waals surface area contributed by atoms with E-state index in [1.165, 1.54) is 5.56 Å². The van der Waals surface area contributed by atoms with Crippen LogP contribution in [0.25, 0.3) is 0 Å². The summed E-state index contributed by atoms with van der Waals surface area (Å²) in [5.74, 6) is 0.733. The fourth-order valence-electron chi connectivity index (χ4n) is 2.88. The molecular weight excluding hydrogens is 345 g/mol. The molecule has 0 saturated carbocycles. The van der Waals surface area contributed by atoms with Gasteiger partial charge < -0.3 is 10.2 Å². The highest BCUT2D eigenvalue weighted by Crippen LogP contribution is 2.29. The monoisotopic (exact) mass is 367 g/mol. The van der Waals surface area contributed by atoms with E-state index >= 15 is 0 Å². The fraction of sp³-hybridized carbons (Fsp3) is 0.412. The van der Waals surface area contributed by atoms with Gasteiger partial charge in [0.15, 0.2) is 0 Å². The van der Waals surface area contributed by atoms with E-state index < -0.39 is 0 Å². The number of rotatable bonds is 4. The van der Waals surface area contributed by atoms with Gasteiger partial charge in [0.2, 0.25) is 5.95 Å². The van der Waals surface area contributed by atoms with Crippen molar-refractivity contribution in [3.05, 3.63) is 52.8 Å². The molecule has 24 heavy (non-hydrogen) atoms. The van der Waals surface area contributed by atoms with Crippen LogP contribution in [-0.2, 0) is 6.54 Å². The Morgan fingerprint density at radius 1 is 1.25 bits per heavy atom. The van der Waals surface area contributed by atoms with Crippen LogP contribution in [-0.4, -0.2) is 48.6 Å². The summed E-state index contributed by atoms with van der Waals surface area (Å²) in [5.41, 5.74) is 2.29. The molecular formula is C17H23Cl2N5. The molecule has 130 valence electrons. The Kier molecular flexibility index (Phi) is 6.80. The van der Waals surface area contributed by atoms with Crippen LogP contribution in [0.1, 0.15) is 17.2 Å². The summed E-state index contributed by atoms with van der Waals surface area (Å²) >= 11 is 6.40. The second-order valence-electron chi connectivity index (χ2n) is 6.00. The Morgan fingerprint density at radius 2 is 1.96 bits per heavy atom. The van der Waals surface area contributed by atoms with Crippen LogP contribution in [0, 0.1) is 0 Å². The van der Waals surface area contributed by atoms with Crippen LogP contribution in [0.4, 0.5) is 5.95 Å². The van der Waals surface area contributed by atoms with E-state index in [1.54, 1.807) is 0 Å². The second kappa shape index (κ2) is 8.62. The molecule has 1 atom stereocenters. The number of hydrogen-bond donors (Lipinski definition) is 1. The minimum atomic E-state index is 0. The number of anilines is 1. The van der Waals surface area contributed by atoms with Gasteiger partial charge >= 0.3 is 0 Å². The molecule has 1 N–H and O–H groups in total. The number of halogens is 2. The average molecular weight is 368 g/mol. The largest absolute Gasteiger partial charge is 0.347 e. The number of nitrogens with one attached hydrogen (secondary N) is 1. The van der Waals surface area contributed by atoms with Crippen molar-refractivity contribution < 1.29 is 0 Å². The SMILES string of the molecule is CN(C)c1ncc(CN2CCNCC2c2ccccc2Cl)cn1.Cl. The molecule has 0 radical (unpaired) electrons. The number of nitrogens with zero attached hydrogens (tertiary/aromatic N) is 4. The third-order valence-corrected chi connectivity index (χ3v) is 4.44. The molecule has 0 aliphatic carbocycles. The van der Waals surface area contributed by atoms with Gasteiger partial charge in [0, 0.05) is 69.3 Å². The van der Waals surface area contributed by atoms with Crippen molar-refractivity contribution in [3.63, 3.8) is 0 Å². The Labute approximate surface area is 154 Å². The van der Waals surface area contributed by atoms with Gasteiger partial charge in [-0.2, -0.15) is 0 Å². The molecule has 1 aliphatic heterocycles. The van der Waals surface area contributed by atoms with Crippen LogP contribution >= 0.6 is 24.0 Å². The number of hydrogen-bond acceptors (Lipinski definition) is 5. The molecule has 0 amide bonds. The predicted molar refractivity (Wildman–Crippen MR) is 101 cm³/mol. The van der Waals surface area contributed by atoms with E-state index in [2.05, 4.69) is 26.3 Å². The van der Waals surface area contributed by atoms with Crippen LogP contribution < -0.4 is 10.2 Å². The summed E-state index contributed by atoms with van der Waals surface area (Å²) in [5, 5.41) is 4.29. The summed E-state index contributed by atoms with van der Waals surface area (Å²) in [6.07, 6.45) is 3.82. The summed E-state index contributed by atoms with van der Waals surface area (Å²) in [6, 6.07) is 8.35. The Morgan fingerprint density at radius 3 is 2.62 bits per heavy atom. The lowest BCUT2D eigenvalue weighted by Gasteiger charge is -2.36. The standard InChI is InChI=1S/C17H22ClN5.ClH/c1-22(2)17-20-9-13(10-21-17)12-23-8-7-19-11-16(23)14-5-3-4-6-15(14)18;/h3-6,9-10,16,19H,7-8,11-12H2,1-2H3;1H. The number of benzene rings is 1. The molecule has 1 aromatic heterocycles. The first-order valence-electron chi connectivity index (χ1n) is 7.82. The van der Waals surface area contributed by atoms with E-state index in [1.807, 2.05) is 49.6 Å². The lowest BCUT2D eigenvalue weighted by atomic mass is 10.0. The molecule has 1 aliphatic rings. The first-order valence-corrected chi connectivity index (χ1v) is 8.20. The van der Waals surface area contributed by atoms with Gasteiger partial charge in [0.05, 0.1) is 0 Å². The zero-order chi connectivity index (χ0) is 16.2. The topological polar surface area (TPSA) is 44.3 Å². The highest BCUT2D eigenvalue weighted by molar-refractivity contribution is 6.31. The maximum Gasteiger partial charge on any atom is 0.224 e. The zero-order valence-corrected chi connectivity index (χ0v) is 15.5. The van der Waals surface area contributed by atoms with Crippen LogP contribution in [0.2, 0.25) is 5.02 Å². The molecule has 1 fully saturated rings. The maximum atomic E-state index is 6.40. The van der Waals surface area contributed by atoms with E-state index in [4.69, 9.17) is 11.6 Å². The van der Waals surface area contributed by atoms with E-state index in [0.717, 1.165) is 42.7 Å². The summed E-state index contributed by atoms with van der Waals surface area (Å²) in [4.78, 5) is 13.2. The third-order valence-electron chi connectivity index (χ3n) is 4.10. The molecule has 3 rings (SSSR count). The van der Waals surface area contributed by atoms with Gasteiger partial charge in [-0.15, -0.1) is 12.4 Å². The highest BCUT2D eigenvalue weighted by Gasteiger charge is 2.25. The highest BCUT2D eigenvalue weighted by atomic mass is 35.5. The van der Waals surface area contributed by atoms with Crippen LogP contribution in [0.5, 0.6) is 0 Å². The van der Waals surface area contributed by atoms with Crippen molar-refractivity contribution in [1.82, 2.24) is 20.2 Å². The quantitative estimate of drug-likeness (QED) is 0.899. The zero-order valence-electron chi connectivity index (χ0n) is 13.9. The van der Waals surface area contributed by atoms with Crippen molar-refractivity contribution in [1.29, 1.82) is 0 Å². The minimum Gasteiger partial charge on any atom is -0.347 e. The smallest absolute Gasteiger partial charge is 0.224 e. The molecule has 1 saturated heterocycles. The van der Waals surface area contributed by atoms with Crippen molar-refractivity contribution in [2.24, 2.45) is 0 Å². The van der Waals surface area contributed by atoms with Gasteiger partial charge in [-0.05, 0) is 11.6 Å². The molecule has 1 unspecified atom stereocenters. The van der Waals surface area contributed by atoms with E-state index in [9.17, 15) is 0 Å². The molecule has 2 aromatic rings. The van der Waals surface area contributed by atoms with Crippen molar-refractivity contribution in [2.45, 2.75) is 12.6 Å². The fourth-order valence-corrected chi connectivity index (χ4v) is 3.14. The van der Waals surface area contributed by atoms with Gasteiger partial charge in [-0.3, -0.25) is 4.90 Å². The van der Waals surface area contributed by atoms with E-state index in [0.29, 0.717) is 0 Å². The Hall–Kier alpha value is -1.40. The number of piperazine rings is 1. The van der Waals surface area contributed by atoms with E-state index in [-0.39, 0.29) is 18.4 Å². The molecule has 0 bridgehead atoms. The van der Waals surface area contributed by atoms with Gasteiger partial charge in [0.25, 0.3) is 0 Å². The van der Waals surface area contributed by atoms with Gasteiger partial charge in [-0.25, -0.2) is 9.97 Å². The summed E-state index contributed by atoms with van der Waals surface area (Å²) in [6.45, 7) is 3.69. The van der Waals surface area contributed by atoms with Crippen molar-refractivity contribution in [2.75, 3.05) is 38.6 Å². The predicted octanol–water partition coefficient (Wildman–Crippen LogP) is 2.76. The second-order valence-corrected chi connectivity index (χ2v) is 6.40. The van der Waals surface area contributed by atoms with Crippen molar-refractivity contribution in [3.8, 4) is 0 Å². The minimum absolute atomic E-state index is 0. The number of aromatic nitrogens is 2. The van der Waals surface area contributed by atoms with Crippen LogP contribution in [0.15, 0.2) is 36.7 Å². The first-order chi connectivity index (χ1) is 11.1. The third kappa shape index (κ3) is 4.36. The van der Waals surface area contributed by atoms with Gasteiger partial charge in [-0.1, -0.05) is 29.8 Å². The average Bonchev–Trinajstić information content (AvgIpc) is 2.56. The van der Waals surface area contributed by atoms with Crippen LogP contribution in [0.3, 0.4) is 0 Å². The Balaban J connectivity index is 0.00000208. The molecule has 5 nitrogen and oxygen atoms in total. The van der Waals surface area contributed by atoms with Crippen molar-refractivity contribution >= 4 is 30.0 Å². The lowest BCUT2D eigenvalue weighted by Crippen LogP contribution is -2.45. The molecule has 0 spiro atoms. The first kappa shape index (κ1) is 18.9. The molecule has 2 heterocycles. The summed E-state index contributed by atoms with van der Waals surface area (Å²) < 4.78 is 0. The lowest BCUT2D eigenvalue weighted by molar-refractivity contribution is 0.153. The molecule has 7 heteroatoms. The molecule has 1 aromatic carbocycles. The Bertz CT molecular complexity index is 648.